The van der Waals surface area contributed by atoms with Gasteiger partial charge in [0.05, 0.1) is 6.20 Å². The Kier molecular flexibility index (Phi) is 3.01. The zero-order valence-electron chi connectivity index (χ0n) is 10.4. The zero-order chi connectivity index (χ0) is 13.3. The summed E-state index contributed by atoms with van der Waals surface area (Å²) in [5.41, 5.74) is 2.34. The Labute approximate surface area is 104 Å². The van der Waals surface area contributed by atoms with Crippen LogP contribution in [-0.4, -0.2) is 26.9 Å². The fraction of sp³-hybridized carbons (Fsp3) is 0.250. The van der Waals surface area contributed by atoms with Crippen molar-refractivity contribution in [3.8, 4) is 0 Å². The van der Waals surface area contributed by atoms with Crippen LogP contribution in [0.5, 0.6) is 0 Å². The quantitative estimate of drug-likeness (QED) is 0.721. The minimum Gasteiger partial charge on any atom is -0.354 e. The van der Waals surface area contributed by atoms with Crippen molar-refractivity contribution in [2.75, 3.05) is 5.32 Å². The molecule has 0 aromatic carbocycles. The maximum absolute atomic E-state index is 12.0. The Bertz CT molecular complexity index is 596. The molecule has 2 heterocycles. The van der Waals surface area contributed by atoms with Gasteiger partial charge < -0.3 is 10.3 Å². The Balaban J connectivity index is 2.31. The molecule has 0 unspecified atom stereocenters. The summed E-state index contributed by atoms with van der Waals surface area (Å²) in [5, 5.41) is 9.04. The third-order valence-electron chi connectivity index (χ3n) is 2.77. The molecule has 0 bridgehead atoms. The highest BCUT2D eigenvalue weighted by molar-refractivity contribution is 6.07. The van der Waals surface area contributed by atoms with Gasteiger partial charge in [0.2, 0.25) is 0 Å². The number of amides is 1. The number of aryl methyl sites for hydroxylation is 1. The Morgan fingerprint density at radius 2 is 2.06 bits per heavy atom. The molecular weight excluding hydrogens is 232 g/mol. The number of carbonyl (C=O) groups is 2. The predicted octanol–water partition coefficient (Wildman–Crippen LogP) is 1.81. The van der Waals surface area contributed by atoms with Gasteiger partial charge in [-0.25, -0.2) is 0 Å². The molecule has 0 radical (unpaired) electrons. The van der Waals surface area contributed by atoms with Crippen molar-refractivity contribution < 1.29 is 9.59 Å². The van der Waals surface area contributed by atoms with Crippen molar-refractivity contribution in [2.24, 2.45) is 0 Å². The molecule has 1 amide bonds. The van der Waals surface area contributed by atoms with Crippen molar-refractivity contribution in [1.29, 1.82) is 0 Å². The van der Waals surface area contributed by atoms with Crippen molar-refractivity contribution >= 4 is 17.5 Å². The van der Waals surface area contributed by atoms with Crippen LogP contribution < -0.4 is 5.32 Å². The largest absolute Gasteiger partial charge is 0.354 e. The van der Waals surface area contributed by atoms with Gasteiger partial charge >= 0.3 is 0 Å². The topological polar surface area (TPSA) is 90.6 Å². The number of hydrogen-bond donors (Lipinski definition) is 3. The molecule has 0 atom stereocenters. The standard InChI is InChI=1S/C12H14N4O2/c1-6-10(8(3)17)7(2)14-11(6)12(18)15-9-4-5-13-16-9/h4-5,14H,1-3H3,(H2,13,15,16,18). The summed E-state index contributed by atoms with van der Waals surface area (Å²) in [7, 11) is 0. The summed E-state index contributed by atoms with van der Waals surface area (Å²) in [5.74, 6) is 0.158. The van der Waals surface area contributed by atoms with Crippen LogP contribution in [0.4, 0.5) is 5.82 Å². The van der Waals surface area contributed by atoms with Gasteiger partial charge in [-0.05, 0) is 26.3 Å². The second-order valence-electron chi connectivity index (χ2n) is 4.11. The summed E-state index contributed by atoms with van der Waals surface area (Å²) < 4.78 is 0. The van der Waals surface area contributed by atoms with E-state index in [1.165, 1.54) is 6.92 Å². The van der Waals surface area contributed by atoms with E-state index in [0.717, 1.165) is 0 Å². The van der Waals surface area contributed by atoms with Crippen LogP contribution in [0.2, 0.25) is 0 Å². The summed E-state index contributed by atoms with van der Waals surface area (Å²) >= 11 is 0. The first-order valence-corrected chi connectivity index (χ1v) is 5.51. The molecule has 0 aliphatic carbocycles. The molecule has 18 heavy (non-hydrogen) atoms. The highest BCUT2D eigenvalue weighted by Crippen LogP contribution is 2.19. The predicted molar refractivity (Wildman–Crippen MR) is 66.8 cm³/mol. The van der Waals surface area contributed by atoms with Gasteiger partial charge in [-0.15, -0.1) is 0 Å². The number of aromatic nitrogens is 3. The maximum Gasteiger partial charge on any atom is 0.273 e. The van der Waals surface area contributed by atoms with E-state index in [2.05, 4.69) is 20.5 Å². The average molecular weight is 246 g/mol. The molecule has 6 heteroatoms. The summed E-state index contributed by atoms with van der Waals surface area (Å²) in [4.78, 5) is 26.4. The van der Waals surface area contributed by atoms with Gasteiger partial charge in [-0.2, -0.15) is 5.10 Å². The van der Waals surface area contributed by atoms with E-state index in [-0.39, 0.29) is 11.7 Å². The Hall–Kier alpha value is -2.37. The molecule has 0 fully saturated rings. The first-order valence-electron chi connectivity index (χ1n) is 5.51. The van der Waals surface area contributed by atoms with Gasteiger partial charge in [-0.1, -0.05) is 0 Å². The van der Waals surface area contributed by atoms with Crippen LogP contribution in [0.25, 0.3) is 0 Å². The van der Waals surface area contributed by atoms with Crippen LogP contribution in [0.1, 0.15) is 39.0 Å². The molecule has 2 rings (SSSR count). The van der Waals surface area contributed by atoms with E-state index >= 15 is 0 Å². The van der Waals surface area contributed by atoms with E-state index in [9.17, 15) is 9.59 Å². The first-order chi connectivity index (χ1) is 8.50. The third kappa shape index (κ3) is 2.04. The van der Waals surface area contributed by atoms with E-state index in [1.807, 2.05) is 0 Å². The minimum absolute atomic E-state index is 0.0539. The van der Waals surface area contributed by atoms with E-state index < -0.39 is 0 Å². The highest BCUT2D eigenvalue weighted by atomic mass is 16.2. The monoisotopic (exact) mass is 246 g/mol. The van der Waals surface area contributed by atoms with Gasteiger partial charge in [-0.3, -0.25) is 14.7 Å². The fourth-order valence-corrected chi connectivity index (χ4v) is 2.02. The lowest BCUT2D eigenvalue weighted by Gasteiger charge is -2.01. The second kappa shape index (κ2) is 4.48. The molecule has 6 nitrogen and oxygen atoms in total. The summed E-state index contributed by atoms with van der Waals surface area (Å²) in [6, 6.07) is 1.65. The average Bonchev–Trinajstić information content (AvgIpc) is 2.86. The molecule has 0 spiro atoms. The second-order valence-corrected chi connectivity index (χ2v) is 4.11. The number of hydrogen-bond acceptors (Lipinski definition) is 3. The van der Waals surface area contributed by atoms with Crippen LogP contribution in [0.15, 0.2) is 12.3 Å². The van der Waals surface area contributed by atoms with Gasteiger partial charge in [0.1, 0.15) is 11.5 Å². The van der Waals surface area contributed by atoms with Gasteiger partial charge in [0, 0.05) is 17.3 Å². The molecule has 2 aromatic rings. The first kappa shape index (κ1) is 12.1. The van der Waals surface area contributed by atoms with E-state index in [4.69, 9.17) is 0 Å². The lowest BCUT2D eigenvalue weighted by Crippen LogP contribution is -2.14. The van der Waals surface area contributed by atoms with Crippen LogP contribution >= 0.6 is 0 Å². The highest BCUT2D eigenvalue weighted by Gasteiger charge is 2.19. The molecular formula is C12H14N4O2. The van der Waals surface area contributed by atoms with Crippen LogP contribution in [-0.2, 0) is 0 Å². The maximum atomic E-state index is 12.0. The smallest absolute Gasteiger partial charge is 0.273 e. The molecule has 3 N–H and O–H groups in total. The van der Waals surface area contributed by atoms with Gasteiger partial charge in [0.15, 0.2) is 5.78 Å². The SMILES string of the molecule is CC(=O)c1c(C)[nH]c(C(=O)Nc2ccn[nH]2)c1C. The van der Waals surface area contributed by atoms with Crippen molar-refractivity contribution in [1.82, 2.24) is 15.2 Å². The van der Waals surface area contributed by atoms with Crippen LogP contribution in [0.3, 0.4) is 0 Å². The van der Waals surface area contributed by atoms with Crippen molar-refractivity contribution in [3.05, 3.63) is 34.8 Å². The van der Waals surface area contributed by atoms with Gasteiger partial charge in [0.25, 0.3) is 5.91 Å². The van der Waals surface area contributed by atoms with E-state index in [0.29, 0.717) is 28.3 Å². The molecule has 0 aliphatic heterocycles. The minimum atomic E-state index is -0.299. The number of carbonyl (C=O) groups excluding carboxylic acids is 2. The van der Waals surface area contributed by atoms with E-state index in [1.54, 1.807) is 26.1 Å². The van der Waals surface area contributed by atoms with Crippen LogP contribution in [0, 0.1) is 13.8 Å². The number of rotatable bonds is 3. The number of nitrogens with one attached hydrogen (secondary N) is 3. The lowest BCUT2D eigenvalue weighted by molar-refractivity contribution is 0.101. The number of aromatic amines is 2. The zero-order valence-corrected chi connectivity index (χ0v) is 10.4. The summed E-state index contributed by atoms with van der Waals surface area (Å²) in [6.07, 6.45) is 1.55. The Morgan fingerprint density at radius 3 is 2.56 bits per heavy atom. The lowest BCUT2D eigenvalue weighted by atomic mass is 10.1. The molecule has 0 saturated heterocycles. The molecule has 94 valence electrons. The number of H-pyrrole nitrogens is 2. The van der Waals surface area contributed by atoms with Crippen molar-refractivity contribution in [3.63, 3.8) is 0 Å². The normalized spacial score (nSPS) is 10.4. The van der Waals surface area contributed by atoms with Crippen molar-refractivity contribution in [2.45, 2.75) is 20.8 Å². The summed E-state index contributed by atoms with van der Waals surface area (Å²) in [6.45, 7) is 5.01. The fourth-order valence-electron chi connectivity index (χ4n) is 2.02. The number of Topliss-reactive ketones (excluding diaryl/α,β-unsaturated/α-hetero) is 1. The third-order valence-corrected chi connectivity index (χ3v) is 2.77. The number of ketones is 1. The molecule has 0 saturated carbocycles. The molecule has 0 aliphatic rings. The Morgan fingerprint density at radius 1 is 1.33 bits per heavy atom. The number of nitrogens with zero attached hydrogens (tertiary/aromatic N) is 1. The number of anilines is 1. The molecule has 2 aromatic heterocycles.